The SMILES string of the molecule is CCOC(=O)c1nn(-c2cccc(F)c2)c(=O)c2c(NC(=O)Cc3ccc(OCC)cc3)scc12. The zero-order chi connectivity index (χ0) is 24.9. The van der Waals surface area contributed by atoms with E-state index in [1.807, 2.05) is 6.92 Å². The van der Waals surface area contributed by atoms with Crippen molar-refractivity contribution in [3.05, 3.63) is 81.3 Å². The number of carbonyl (C=O) groups is 2. The molecule has 35 heavy (non-hydrogen) atoms. The normalized spacial score (nSPS) is 10.8. The summed E-state index contributed by atoms with van der Waals surface area (Å²) in [5, 5.41) is 9.10. The van der Waals surface area contributed by atoms with Crippen LogP contribution in [0.3, 0.4) is 0 Å². The Balaban J connectivity index is 1.72. The minimum atomic E-state index is -0.729. The fourth-order valence-corrected chi connectivity index (χ4v) is 4.45. The molecule has 0 aliphatic rings. The number of nitrogens with one attached hydrogen (secondary N) is 1. The summed E-state index contributed by atoms with van der Waals surface area (Å²) in [7, 11) is 0. The van der Waals surface area contributed by atoms with Gasteiger partial charge in [0.15, 0.2) is 5.69 Å². The summed E-state index contributed by atoms with van der Waals surface area (Å²) < 4.78 is 25.3. The first-order chi connectivity index (χ1) is 16.9. The maximum atomic E-state index is 13.8. The Kier molecular flexibility index (Phi) is 7.21. The number of aromatic nitrogens is 2. The number of amides is 1. The van der Waals surface area contributed by atoms with Gasteiger partial charge < -0.3 is 14.8 Å². The molecule has 0 atom stereocenters. The van der Waals surface area contributed by atoms with Crippen molar-refractivity contribution < 1.29 is 23.5 Å². The van der Waals surface area contributed by atoms with Gasteiger partial charge in [0, 0.05) is 10.8 Å². The van der Waals surface area contributed by atoms with Gasteiger partial charge in [-0.05, 0) is 49.7 Å². The second-order valence-electron chi connectivity index (χ2n) is 7.42. The van der Waals surface area contributed by atoms with Crippen molar-refractivity contribution in [3.8, 4) is 11.4 Å². The quantitative estimate of drug-likeness (QED) is 0.365. The lowest BCUT2D eigenvalue weighted by Gasteiger charge is -2.10. The molecule has 1 amide bonds. The van der Waals surface area contributed by atoms with E-state index in [0.717, 1.165) is 27.6 Å². The van der Waals surface area contributed by atoms with E-state index in [9.17, 15) is 18.8 Å². The maximum Gasteiger partial charge on any atom is 0.359 e. The van der Waals surface area contributed by atoms with Crippen molar-refractivity contribution in [3.63, 3.8) is 0 Å². The smallest absolute Gasteiger partial charge is 0.359 e. The lowest BCUT2D eigenvalue weighted by molar-refractivity contribution is -0.115. The number of ether oxygens (including phenoxy) is 2. The third-order valence-corrected chi connectivity index (χ3v) is 5.92. The van der Waals surface area contributed by atoms with Crippen molar-refractivity contribution in [1.82, 2.24) is 9.78 Å². The summed E-state index contributed by atoms with van der Waals surface area (Å²) in [5.74, 6) is -0.933. The maximum absolute atomic E-state index is 13.8. The number of thiophene rings is 1. The first-order valence-corrected chi connectivity index (χ1v) is 11.8. The van der Waals surface area contributed by atoms with Gasteiger partial charge in [-0.3, -0.25) is 9.59 Å². The van der Waals surface area contributed by atoms with Crippen molar-refractivity contribution in [2.45, 2.75) is 20.3 Å². The first kappa shape index (κ1) is 24.1. The van der Waals surface area contributed by atoms with Gasteiger partial charge in [-0.25, -0.2) is 9.18 Å². The average molecular weight is 496 g/mol. The van der Waals surface area contributed by atoms with Crippen molar-refractivity contribution in [2.24, 2.45) is 0 Å². The van der Waals surface area contributed by atoms with E-state index in [1.165, 1.54) is 18.2 Å². The monoisotopic (exact) mass is 495 g/mol. The van der Waals surface area contributed by atoms with E-state index in [1.54, 1.807) is 36.6 Å². The molecule has 0 aliphatic heterocycles. The van der Waals surface area contributed by atoms with Crippen molar-refractivity contribution in [2.75, 3.05) is 18.5 Å². The van der Waals surface area contributed by atoms with Crippen LogP contribution in [-0.2, 0) is 16.0 Å². The molecule has 0 saturated carbocycles. The highest BCUT2D eigenvalue weighted by Gasteiger charge is 2.23. The summed E-state index contributed by atoms with van der Waals surface area (Å²) in [6.45, 7) is 4.19. The van der Waals surface area contributed by atoms with Crippen molar-refractivity contribution in [1.29, 1.82) is 0 Å². The summed E-state index contributed by atoms with van der Waals surface area (Å²) >= 11 is 1.09. The van der Waals surface area contributed by atoms with Crippen LogP contribution in [0.5, 0.6) is 5.75 Å². The molecule has 0 bridgehead atoms. The second kappa shape index (κ2) is 10.5. The molecule has 0 unspecified atom stereocenters. The molecular weight excluding hydrogens is 473 g/mol. The number of rotatable bonds is 8. The molecule has 2 aromatic heterocycles. The molecule has 4 rings (SSSR count). The molecule has 180 valence electrons. The number of esters is 1. The molecular formula is C25H22FN3O5S. The Hall–Kier alpha value is -4.05. The van der Waals surface area contributed by atoms with Gasteiger partial charge in [-0.1, -0.05) is 18.2 Å². The predicted octanol–water partition coefficient (Wildman–Crippen LogP) is 4.34. The Morgan fingerprint density at radius 2 is 1.89 bits per heavy atom. The number of nitrogens with zero attached hydrogens (tertiary/aromatic N) is 2. The molecule has 0 spiro atoms. The highest BCUT2D eigenvalue weighted by molar-refractivity contribution is 7.16. The largest absolute Gasteiger partial charge is 0.494 e. The summed E-state index contributed by atoms with van der Waals surface area (Å²) in [5.41, 5.74) is 0.198. The topological polar surface area (TPSA) is 99.5 Å². The summed E-state index contributed by atoms with van der Waals surface area (Å²) in [6.07, 6.45) is 0.0691. The van der Waals surface area contributed by atoms with Crippen LogP contribution in [0.2, 0.25) is 0 Å². The molecule has 10 heteroatoms. The minimum absolute atomic E-state index is 0.0691. The zero-order valence-corrected chi connectivity index (χ0v) is 19.9. The van der Waals surface area contributed by atoms with Crippen LogP contribution >= 0.6 is 11.3 Å². The fraction of sp³-hybridized carbons (Fsp3) is 0.200. The van der Waals surface area contributed by atoms with Gasteiger partial charge in [-0.15, -0.1) is 11.3 Å². The van der Waals surface area contributed by atoms with E-state index in [2.05, 4.69) is 10.4 Å². The van der Waals surface area contributed by atoms with Gasteiger partial charge in [0.25, 0.3) is 5.56 Å². The highest BCUT2D eigenvalue weighted by Crippen LogP contribution is 2.31. The third kappa shape index (κ3) is 5.22. The Morgan fingerprint density at radius 3 is 2.57 bits per heavy atom. The second-order valence-corrected chi connectivity index (χ2v) is 8.30. The predicted molar refractivity (Wildman–Crippen MR) is 131 cm³/mol. The number of hydrogen-bond donors (Lipinski definition) is 1. The number of carbonyl (C=O) groups excluding carboxylic acids is 2. The molecule has 2 aromatic carbocycles. The fourth-order valence-electron chi connectivity index (χ4n) is 3.50. The molecule has 0 aliphatic carbocycles. The van der Waals surface area contributed by atoms with Crippen LogP contribution in [0.4, 0.5) is 9.39 Å². The Bertz CT molecular complexity index is 1450. The molecule has 8 nitrogen and oxygen atoms in total. The van der Waals surface area contributed by atoms with Crippen LogP contribution in [0.15, 0.2) is 58.7 Å². The zero-order valence-electron chi connectivity index (χ0n) is 19.0. The molecule has 0 radical (unpaired) electrons. The van der Waals surface area contributed by atoms with E-state index >= 15 is 0 Å². The van der Waals surface area contributed by atoms with Gasteiger partial charge in [0.05, 0.1) is 30.7 Å². The standard InChI is InChI=1S/C25H22FN3O5S/c1-3-33-18-10-8-15(9-11-18)12-20(30)27-23-21-19(14-35-23)22(25(32)34-4-2)28-29(24(21)31)17-7-5-6-16(26)13-17/h5-11,13-14H,3-4,12H2,1-2H3,(H,27,30). The molecule has 4 aromatic rings. The first-order valence-electron chi connectivity index (χ1n) is 10.9. The van der Waals surface area contributed by atoms with Crippen LogP contribution in [0.1, 0.15) is 29.9 Å². The molecule has 2 heterocycles. The Labute approximate surface area is 203 Å². The van der Waals surface area contributed by atoms with Crippen LogP contribution in [0, 0.1) is 5.82 Å². The third-order valence-electron chi connectivity index (χ3n) is 5.03. The average Bonchev–Trinajstić information content (AvgIpc) is 3.25. The molecule has 0 saturated heterocycles. The highest BCUT2D eigenvalue weighted by atomic mass is 32.1. The van der Waals surface area contributed by atoms with Gasteiger partial charge in [0.2, 0.25) is 5.91 Å². The van der Waals surface area contributed by atoms with E-state index in [4.69, 9.17) is 9.47 Å². The molecule has 0 fully saturated rings. The van der Waals surface area contributed by atoms with Crippen molar-refractivity contribution >= 4 is 39.0 Å². The number of anilines is 1. The van der Waals surface area contributed by atoms with E-state index in [-0.39, 0.29) is 46.1 Å². The number of fused-ring (bicyclic) bond motifs is 1. The minimum Gasteiger partial charge on any atom is -0.494 e. The van der Waals surface area contributed by atoms with Crippen LogP contribution in [-0.4, -0.2) is 34.9 Å². The van der Waals surface area contributed by atoms with Gasteiger partial charge in [-0.2, -0.15) is 9.78 Å². The lowest BCUT2D eigenvalue weighted by Crippen LogP contribution is -2.26. The van der Waals surface area contributed by atoms with E-state index in [0.29, 0.717) is 12.4 Å². The summed E-state index contributed by atoms with van der Waals surface area (Å²) in [4.78, 5) is 38.7. The number of benzene rings is 2. The van der Waals surface area contributed by atoms with Gasteiger partial charge >= 0.3 is 5.97 Å². The van der Waals surface area contributed by atoms with E-state index < -0.39 is 17.3 Å². The van der Waals surface area contributed by atoms with Crippen LogP contribution < -0.4 is 15.6 Å². The van der Waals surface area contributed by atoms with Gasteiger partial charge in [0.1, 0.15) is 16.6 Å². The number of halogens is 1. The Morgan fingerprint density at radius 1 is 1.11 bits per heavy atom. The lowest BCUT2D eigenvalue weighted by atomic mass is 10.1. The molecule has 1 N–H and O–H groups in total. The van der Waals surface area contributed by atoms with Crippen LogP contribution in [0.25, 0.3) is 16.5 Å². The number of hydrogen-bond acceptors (Lipinski definition) is 7. The summed E-state index contributed by atoms with van der Waals surface area (Å²) in [6, 6.07) is 12.4.